The number of aliphatic hydroxyl groups excluding tert-OH is 1. The van der Waals surface area contributed by atoms with Crippen molar-refractivity contribution in [3.8, 4) is 6.07 Å². The van der Waals surface area contributed by atoms with E-state index in [2.05, 4.69) is 10.6 Å². The molecule has 1 aliphatic rings. The number of para-hydroxylation sites is 1. The smallest absolute Gasteiger partial charge is 0.246 e. The van der Waals surface area contributed by atoms with Crippen molar-refractivity contribution in [2.75, 3.05) is 19.7 Å². The maximum absolute atomic E-state index is 12.5. The number of amides is 1. The molecular formula is C20H23N3O2. The van der Waals surface area contributed by atoms with Gasteiger partial charge in [-0.1, -0.05) is 18.2 Å². The number of carbonyl (C=O) groups is 1. The van der Waals surface area contributed by atoms with Crippen LogP contribution in [-0.2, 0) is 11.3 Å². The van der Waals surface area contributed by atoms with Crippen LogP contribution in [0.5, 0.6) is 0 Å². The van der Waals surface area contributed by atoms with Crippen LogP contribution in [0, 0.1) is 17.2 Å². The Labute approximate surface area is 147 Å². The molecule has 2 heterocycles. The second-order valence-electron chi connectivity index (χ2n) is 6.51. The van der Waals surface area contributed by atoms with Crippen LogP contribution >= 0.6 is 0 Å². The summed E-state index contributed by atoms with van der Waals surface area (Å²) in [4.78, 5) is 14.3. The molecule has 1 fully saturated rings. The third-order valence-electron chi connectivity index (χ3n) is 4.78. The maximum atomic E-state index is 12.5. The predicted molar refractivity (Wildman–Crippen MR) is 97.6 cm³/mol. The number of nitriles is 1. The summed E-state index contributed by atoms with van der Waals surface area (Å²) in [5, 5.41) is 19.2. The van der Waals surface area contributed by atoms with E-state index in [4.69, 9.17) is 5.26 Å². The number of aromatic nitrogens is 1. The van der Waals surface area contributed by atoms with E-state index >= 15 is 0 Å². The first-order valence-electron chi connectivity index (χ1n) is 8.75. The number of carbonyl (C=O) groups excluding carboxylic acids is 1. The van der Waals surface area contributed by atoms with Crippen LogP contribution in [0.15, 0.2) is 36.5 Å². The van der Waals surface area contributed by atoms with E-state index in [-0.39, 0.29) is 18.4 Å². The van der Waals surface area contributed by atoms with Gasteiger partial charge in [-0.15, -0.1) is 0 Å². The monoisotopic (exact) mass is 337 g/mol. The van der Waals surface area contributed by atoms with Gasteiger partial charge >= 0.3 is 0 Å². The summed E-state index contributed by atoms with van der Waals surface area (Å²) in [6.07, 6.45) is 7.86. The molecule has 1 saturated heterocycles. The Hall–Kier alpha value is -2.58. The van der Waals surface area contributed by atoms with Crippen LogP contribution in [0.25, 0.3) is 17.0 Å². The highest BCUT2D eigenvalue weighted by Crippen LogP contribution is 2.23. The summed E-state index contributed by atoms with van der Waals surface area (Å²) in [6, 6.07) is 10.2. The largest absolute Gasteiger partial charge is 0.396 e. The maximum Gasteiger partial charge on any atom is 0.246 e. The third-order valence-corrected chi connectivity index (χ3v) is 4.78. The van der Waals surface area contributed by atoms with E-state index in [1.165, 1.54) is 0 Å². The van der Waals surface area contributed by atoms with Gasteiger partial charge in [0.2, 0.25) is 5.91 Å². The van der Waals surface area contributed by atoms with Crippen molar-refractivity contribution < 1.29 is 9.90 Å². The van der Waals surface area contributed by atoms with Crippen LogP contribution in [0.3, 0.4) is 0 Å². The van der Waals surface area contributed by atoms with Crippen LogP contribution in [0.4, 0.5) is 0 Å². The van der Waals surface area contributed by atoms with E-state index in [1.54, 1.807) is 6.08 Å². The summed E-state index contributed by atoms with van der Waals surface area (Å²) in [6.45, 7) is 2.16. The van der Waals surface area contributed by atoms with Crippen molar-refractivity contribution in [1.82, 2.24) is 9.47 Å². The molecule has 2 aromatic rings. The predicted octanol–water partition coefficient (Wildman–Crippen LogP) is 2.80. The van der Waals surface area contributed by atoms with Crippen molar-refractivity contribution in [3.63, 3.8) is 0 Å². The fraction of sp³-hybridized carbons (Fsp3) is 0.400. The van der Waals surface area contributed by atoms with Crippen LogP contribution in [0.2, 0.25) is 0 Å². The Morgan fingerprint density at radius 1 is 1.40 bits per heavy atom. The molecule has 0 radical (unpaired) electrons. The highest BCUT2D eigenvalue weighted by Gasteiger charge is 2.21. The molecule has 1 atom stereocenters. The van der Waals surface area contributed by atoms with Gasteiger partial charge in [-0.3, -0.25) is 4.79 Å². The van der Waals surface area contributed by atoms with E-state index in [0.29, 0.717) is 19.5 Å². The fourth-order valence-corrected chi connectivity index (χ4v) is 3.44. The van der Waals surface area contributed by atoms with Gasteiger partial charge in [0.25, 0.3) is 0 Å². The summed E-state index contributed by atoms with van der Waals surface area (Å²) >= 11 is 0. The molecule has 0 aliphatic carbocycles. The van der Waals surface area contributed by atoms with Crippen LogP contribution in [-0.4, -0.2) is 40.2 Å². The number of rotatable bonds is 5. The van der Waals surface area contributed by atoms with Gasteiger partial charge in [-0.25, -0.2) is 0 Å². The second-order valence-corrected chi connectivity index (χ2v) is 6.51. The lowest BCUT2D eigenvalue weighted by Crippen LogP contribution is -2.40. The number of benzene rings is 1. The first-order valence-corrected chi connectivity index (χ1v) is 8.75. The zero-order chi connectivity index (χ0) is 17.6. The van der Waals surface area contributed by atoms with Gasteiger partial charge in [-0.2, -0.15) is 5.26 Å². The summed E-state index contributed by atoms with van der Waals surface area (Å²) in [7, 11) is 0. The van der Waals surface area contributed by atoms with Crippen LogP contribution in [0.1, 0.15) is 24.8 Å². The zero-order valence-corrected chi connectivity index (χ0v) is 14.3. The average Bonchev–Trinajstić information content (AvgIpc) is 3.02. The molecule has 5 heteroatoms. The zero-order valence-electron chi connectivity index (χ0n) is 14.3. The van der Waals surface area contributed by atoms with Crippen molar-refractivity contribution in [1.29, 1.82) is 5.26 Å². The molecule has 5 nitrogen and oxygen atoms in total. The molecule has 0 bridgehead atoms. The Kier molecular flexibility index (Phi) is 5.52. The Morgan fingerprint density at radius 3 is 3.04 bits per heavy atom. The molecular weight excluding hydrogens is 314 g/mol. The van der Waals surface area contributed by atoms with Gasteiger partial charge in [0.1, 0.15) is 0 Å². The molecule has 1 amide bonds. The third kappa shape index (κ3) is 3.92. The summed E-state index contributed by atoms with van der Waals surface area (Å²) in [5.41, 5.74) is 2.06. The highest BCUT2D eigenvalue weighted by atomic mass is 16.3. The van der Waals surface area contributed by atoms with E-state index in [9.17, 15) is 9.90 Å². The van der Waals surface area contributed by atoms with Gasteiger partial charge in [0.15, 0.2) is 0 Å². The number of aryl methyl sites for hydroxylation is 1. The first kappa shape index (κ1) is 17.2. The molecule has 1 aromatic heterocycles. The molecule has 25 heavy (non-hydrogen) atoms. The Bertz CT molecular complexity index is 816. The van der Waals surface area contributed by atoms with Crippen molar-refractivity contribution >= 4 is 22.9 Å². The van der Waals surface area contributed by atoms with Crippen molar-refractivity contribution in [2.45, 2.75) is 25.8 Å². The normalized spacial score (nSPS) is 17.9. The van der Waals surface area contributed by atoms with Gasteiger partial charge in [-0.05, 0) is 30.9 Å². The average molecular weight is 337 g/mol. The van der Waals surface area contributed by atoms with E-state index < -0.39 is 0 Å². The number of hydrogen-bond acceptors (Lipinski definition) is 3. The molecule has 1 aromatic carbocycles. The molecule has 0 spiro atoms. The van der Waals surface area contributed by atoms with Gasteiger partial charge < -0.3 is 14.6 Å². The minimum atomic E-state index is -0.00740. The quantitative estimate of drug-likeness (QED) is 0.853. The highest BCUT2D eigenvalue weighted by molar-refractivity contribution is 5.96. The van der Waals surface area contributed by atoms with Gasteiger partial charge in [0, 0.05) is 55.0 Å². The lowest BCUT2D eigenvalue weighted by molar-refractivity contribution is -0.127. The number of likely N-dealkylation sites (tertiary alicyclic amines) is 1. The molecule has 1 N–H and O–H groups in total. The minimum absolute atomic E-state index is 0.00740. The fourth-order valence-electron chi connectivity index (χ4n) is 3.44. The molecule has 1 unspecified atom stereocenters. The van der Waals surface area contributed by atoms with Crippen LogP contribution < -0.4 is 0 Å². The number of hydrogen-bond donors (Lipinski definition) is 1. The number of aliphatic hydroxyl groups is 1. The topological polar surface area (TPSA) is 69.3 Å². The lowest BCUT2D eigenvalue weighted by Gasteiger charge is -2.31. The lowest BCUT2D eigenvalue weighted by atomic mass is 9.99. The molecule has 3 rings (SSSR count). The van der Waals surface area contributed by atoms with E-state index in [1.807, 2.05) is 41.4 Å². The minimum Gasteiger partial charge on any atom is -0.396 e. The number of nitrogens with zero attached hydrogens (tertiary/aromatic N) is 3. The number of fused-ring (bicyclic) bond motifs is 1. The summed E-state index contributed by atoms with van der Waals surface area (Å²) < 4.78 is 2.06. The number of piperidine rings is 1. The standard InChI is InChI=1S/C20H23N3O2/c21-10-4-12-22-14-17(18-6-1-2-7-19(18)22)8-9-20(25)23-11-3-5-16(13-23)15-24/h1-2,6-9,14,16,24H,3-5,11-13,15H2/b9-8+. The van der Waals surface area contributed by atoms with Crippen molar-refractivity contribution in [3.05, 3.63) is 42.1 Å². The van der Waals surface area contributed by atoms with Crippen molar-refractivity contribution in [2.24, 2.45) is 5.92 Å². The first-order chi connectivity index (χ1) is 12.2. The van der Waals surface area contributed by atoms with E-state index in [0.717, 1.165) is 35.9 Å². The molecule has 130 valence electrons. The molecule has 1 aliphatic heterocycles. The Morgan fingerprint density at radius 2 is 2.24 bits per heavy atom. The SMILES string of the molecule is N#CCCn1cc(/C=C/C(=O)N2CCCC(CO)C2)c2ccccc21. The summed E-state index contributed by atoms with van der Waals surface area (Å²) in [5.74, 6) is 0.186. The molecule has 0 saturated carbocycles. The van der Waals surface area contributed by atoms with Gasteiger partial charge in [0.05, 0.1) is 12.5 Å². The second kappa shape index (κ2) is 8.00. The Balaban J connectivity index is 1.79.